The van der Waals surface area contributed by atoms with Gasteiger partial charge in [0.2, 0.25) is 11.8 Å². The zero-order valence-corrected chi connectivity index (χ0v) is 23.2. The van der Waals surface area contributed by atoms with Crippen molar-refractivity contribution in [2.45, 2.75) is 44.7 Å². The van der Waals surface area contributed by atoms with Crippen LogP contribution in [-0.2, 0) is 22.6 Å². The maximum Gasteiger partial charge on any atom is 0.243 e. The summed E-state index contributed by atoms with van der Waals surface area (Å²) in [6, 6.07) is 22.5. The Morgan fingerprint density at radius 1 is 0.917 bits per heavy atom. The molecule has 7 heteroatoms. The zero-order valence-electron chi connectivity index (χ0n) is 20.8. The van der Waals surface area contributed by atoms with E-state index in [0.29, 0.717) is 28.9 Å². The molecule has 0 aromatic heterocycles. The molecule has 0 aliphatic carbocycles. The Balaban J connectivity index is 1.91. The largest absolute Gasteiger partial charge is 0.354 e. The molecule has 0 aliphatic rings. The molecule has 3 aromatic carbocycles. The lowest BCUT2D eigenvalue weighted by Crippen LogP contribution is -2.51. The molecule has 1 unspecified atom stereocenters. The molecule has 0 spiro atoms. The highest BCUT2D eigenvalue weighted by Gasteiger charge is 2.30. The van der Waals surface area contributed by atoms with Gasteiger partial charge in [-0.1, -0.05) is 91.1 Å². The summed E-state index contributed by atoms with van der Waals surface area (Å²) in [4.78, 5) is 29.8. The summed E-state index contributed by atoms with van der Waals surface area (Å²) in [7, 11) is 0. The van der Waals surface area contributed by atoms with Crippen LogP contribution in [0.5, 0.6) is 0 Å². The number of carbonyl (C=O) groups excluding carboxylic acids is 2. The number of thioether (sulfide) groups is 1. The maximum atomic E-state index is 13.7. The Labute approximate surface area is 228 Å². The number of nitrogens with one attached hydrogen (secondary N) is 1. The second kappa shape index (κ2) is 13.7. The van der Waals surface area contributed by atoms with Crippen molar-refractivity contribution in [1.29, 1.82) is 0 Å². The number of halogens is 2. The fourth-order valence-electron chi connectivity index (χ4n) is 3.67. The van der Waals surface area contributed by atoms with Crippen molar-refractivity contribution < 1.29 is 9.59 Å². The molecule has 0 bridgehead atoms. The van der Waals surface area contributed by atoms with E-state index >= 15 is 0 Å². The second-order valence-electron chi connectivity index (χ2n) is 9.22. The lowest BCUT2D eigenvalue weighted by atomic mass is 10.0. The first kappa shape index (κ1) is 28.1. The van der Waals surface area contributed by atoms with Crippen LogP contribution in [0.4, 0.5) is 0 Å². The summed E-state index contributed by atoms with van der Waals surface area (Å²) in [5, 5.41) is 3.90. The van der Waals surface area contributed by atoms with Crippen molar-refractivity contribution in [2.75, 3.05) is 12.3 Å². The topological polar surface area (TPSA) is 49.4 Å². The average Bonchev–Trinajstić information content (AvgIpc) is 2.86. The average molecular weight is 544 g/mol. The molecule has 0 heterocycles. The predicted molar refractivity (Wildman–Crippen MR) is 151 cm³/mol. The molecule has 0 saturated carbocycles. The van der Waals surface area contributed by atoms with E-state index in [0.717, 1.165) is 21.6 Å². The number of hydrogen-bond acceptors (Lipinski definition) is 3. The minimum atomic E-state index is -0.674. The quantitative estimate of drug-likeness (QED) is 0.271. The number of rotatable bonds is 11. The molecule has 0 radical (unpaired) electrons. The maximum absolute atomic E-state index is 13.7. The van der Waals surface area contributed by atoms with Crippen molar-refractivity contribution in [3.8, 4) is 0 Å². The summed E-state index contributed by atoms with van der Waals surface area (Å²) in [6.07, 6.45) is 0.410. The molecule has 3 rings (SSSR count). The highest BCUT2D eigenvalue weighted by molar-refractivity contribution is 8.00. The fourth-order valence-corrected chi connectivity index (χ4v) is 4.78. The predicted octanol–water partition coefficient (Wildman–Crippen LogP) is 6.81. The van der Waals surface area contributed by atoms with Crippen molar-refractivity contribution in [3.63, 3.8) is 0 Å². The number of nitrogens with zero attached hydrogens (tertiary/aromatic N) is 1. The van der Waals surface area contributed by atoms with Gasteiger partial charge in [-0.3, -0.25) is 9.59 Å². The minimum Gasteiger partial charge on any atom is -0.354 e. The zero-order chi connectivity index (χ0) is 26.1. The summed E-state index contributed by atoms with van der Waals surface area (Å²) in [6.45, 7) is 6.91. The number of benzene rings is 3. The highest BCUT2D eigenvalue weighted by atomic mass is 35.5. The van der Waals surface area contributed by atoms with E-state index in [4.69, 9.17) is 23.2 Å². The number of hydrogen-bond donors (Lipinski definition) is 1. The summed E-state index contributed by atoms with van der Waals surface area (Å²) in [5.41, 5.74) is 2.96. The first-order valence-electron chi connectivity index (χ1n) is 12.0. The first-order valence-corrected chi connectivity index (χ1v) is 13.7. The Kier molecular flexibility index (Phi) is 10.7. The van der Waals surface area contributed by atoms with Gasteiger partial charge in [0.1, 0.15) is 6.04 Å². The smallest absolute Gasteiger partial charge is 0.243 e. The number of amides is 2. The van der Waals surface area contributed by atoms with Gasteiger partial charge in [-0.25, -0.2) is 0 Å². The van der Waals surface area contributed by atoms with Crippen molar-refractivity contribution in [1.82, 2.24) is 10.2 Å². The summed E-state index contributed by atoms with van der Waals surface area (Å²) >= 11 is 13.9. The van der Waals surface area contributed by atoms with E-state index in [1.807, 2.05) is 81.4 Å². The Hall–Kier alpha value is -2.47. The number of carbonyl (C=O) groups is 2. The van der Waals surface area contributed by atoms with Gasteiger partial charge in [0.15, 0.2) is 0 Å². The van der Waals surface area contributed by atoms with Crippen LogP contribution in [-0.4, -0.2) is 35.1 Å². The third-order valence-electron chi connectivity index (χ3n) is 5.68. The third kappa shape index (κ3) is 8.58. The Bertz CT molecular complexity index is 1150. The van der Waals surface area contributed by atoms with Crippen molar-refractivity contribution in [3.05, 3.63) is 99.5 Å². The molecule has 190 valence electrons. The van der Waals surface area contributed by atoms with Crippen LogP contribution in [0.3, 0.4) is 0 Å². The lowest BCUT2D eigenvalue weighted by Gasteiger charge is -2.32. The lowest BCUT2D eigenvalue weighted by molar-refractivity contribution is -0.139. The molecule has 2 amide bonds. The van der Waals surface area contributed by atoms with Gasteiger partial charge in [-0.2, -0.15) is 0 Å². The molecule has 36 heavy (non-hydrogen) atoms. The van der Waals surface area contributed by atoms with E-state index in [-0.39, 0.29) is 24.1 Å². The van der Waals surface area contributed by atoms with Gasteiger partial charge in [0.25, 0.3) is 0 Å². The van der Waals surface area contributed by atoms with Crippen LogP contribution in [0.2, 0.25) is 10.0 Å². The van der Waals surface area contributed by atoms with Crippen LogP contribution < -0.4 is 5.32 Å². The molecule has 0 saturated heterocycles. The monoisotopic (exact) mass is 542 g/mol. The van der Waals surface area contributed by atoms with E-state index in [9.17, 15) is 9.59 Å². The molecule has 0 aliphatic heterocycles. The number of aryl methyl sites for hydroxylation is 1. The van der Waals surface area contributed by atoms with Gasteiger partial charge in [-0.15, -0.1) is 11.8 Å². The minimum absolute atomic E-state index is 0.118. The normalized spacial score (nSPS) is 11.8. The molecule has 3 aromatic rings. The van der Waals surface area contributed by atoms with Crippen molar-refractivity contribution >= 4 is 46.8 Å². The van der Waals surface area contributed by atoms with Gasteiger partial charge in [0, 0.05) is 24.4 Å². The van der Waals surface area contributed by atoms with Gasteiger partial charge in [0.05, 0.1) is 15.8 Å². The SMILES string of the molecule is Cc1ccc(SCC(=O)N(Cc2ccc(Cl)c(Cl)c2)C(Cc2ccccc2)C(=O)NCC(C)C)cc1. The van der Waals surface area contributed by atoms with Gasteiger partial charge < -0.3 is 10.2 Å². The summed E-state index contributed by atoms with van der Waals surface area (Å²) in [5.74, 6) is 0.226. The second-order valence-corrected chi connectivity index (χ2v) is 11.1. The van der Waals surface area contributed by atoms with E-state index < -0.39 is 6.04 Å². The molecule has 1 atom stereocenters. The third-order valence-corrected chi connectivity index (χ3v) is 7.41. The first-order chi connectivity index (χ1) is 17.2. The summed E-state index contributed by atoms with van der Waals surface area (Å²) < 4.78 is 0. The van der Waals surface area contributed by atoms with Crippen LogP contribution >= 0.6 is 35.0 Å². The van der Waals surface area contributed by atoms with Crippen LogP contribution in [0, 0.1) is 12.8 Å². The fraction of sp³-hybridized carbons (Fsp3) is 0.310. The molecule has 1 N–H and O–H groups in total. The molecule has 0 fully saturated rings. The molecule has 4 nitrogen and oxygen atoms in total. The van der Waals surface area contributed by atoms with Crippen LogP contribution in [0.25, 0.3) is 0 Å². The van der Waals surface area contributed by atoms with E-state index in [1.54, 1.807) is 17.0 Å². The Morgan fingerprint density at radius 2 is 1.61 bits per heavy atom. The van der Waals surface area contributed by atoms with Gasteiger partial charge in [-0.05, 0) is 48.2 Å². The van der Waals surface area contributed by atoms with Crippen LogP contribution in [0.1, 0.15) is 30.5 Å². The molecular formula is C29H32Cl2N2O2S. The standard InChI is InChI=1S/C29H32Cl2N2O2S/c1-20(2)17-32-29(35)27(16-22-7-5-4-6-8-22)33(18-23-11-14-25(30)26(31)15-23)28(34)19-36-24-12-9-21(3)10-13-24/h4-15,20,27H,16-19H2,1-3H3,(H,32,35). The highest BCUT2D eigenvalue weighted by Crippen LogP contribution is 2.25. The van der Waals surface area contributed by atoms with Gasteiger partial charge >= 0.3 is 0 Å². The van der Waals surface area contributed by atoms with Crippen molar-refractivity contribution in [2.24, 2.45) is 5.92 Å². The Morgan fingerprint density at radius 3 is 2.25 bits per heavy atom. The molecular weight excluding hydrogens is 511 g/mol. The van der Waals surface area contributed by atoms with Crippen LogP contribution in [0.15, 0.2) is 77.7 Å². The van der Waals surface area contributed by atoms with E-state index in [1.165, 1.54) is 11.8 Å². The van der Waals surface area contributed by atoms with E-state index in [2.05, 4.69) is 5.32 Å².